The molecule has 0 spiro atoms. The minimum atomic E-state index is -3.24. The second-order valence-electron chi connectivity index (χ2n) is 4.26. The normalized spacial score (nSPS) is 12.3. The standard InChI is InChI=1S/C13H16ClNO3S/c1-10(7-14)8-19(17,18)9-11-3-5-12(6-4-11)13(16)15-2/h3-7H,8-9H2,1-2H3,(H,15,16). The Kier molecular flexibility index (Phi) is 5.57. The van der Waals surface area contributed by atoms with E-state index in [2.05, 4.69) is 5.32 Å². The second kappa shape index (κ2) is 6.73. The van der Waals surface area contributed by atoms with Crippen LogP contribution in [0.3, 0.4) is 0 Å². The van der Waals surface area contributed by atoms with Gasteiger partial charge < -0.3 is 5.32 Å². The Morgan fingerprint density at radius 2 is 1.89 bits per heavy atom. The SMILES string of the molecule is CNC(=O)c1ccc(CS(=O)(=O)CC(C)=CCl)cc1. The predicted molar refractivity (Wildman–Crippen MR) is 76.9 cm³/mol. The first kappa shape index (κ1) is 15.7. The van der Waals surface area contributed by atoms with Crippen LogP contribution in [-0.2, 0) is 15.6 Å². The van der Waals surface area contributed by atoms with Gasteiger partial charge in [-0.1, -0.05) is 23.7 Å². The van der Waals surface area contributed by atoms with E-state index in [1.165, 1.54) is 5.54 Å². The molecule has 0 saturated carbocycles. The number of carbonyl (C=O) groups excluding carboxylic acids is 1. The highest BCUT2D eigenvalue weighted by Gasteiger charge is 2.13. The number of amides is 1. The molecule has 4 nitrogen and oxygen atoms in total. The van der Waals surface area contributed by atoms with Gasteiger partial charge in [0.25, 0.3) is 5.91 Å². The summed E-state index contributed by atoms with van der Waals surface area (Å²) in [7, 11) is -1.69. The first-order chi connectivity index (χ1) is 8.88. The summed E-state index contributed by atoms with van der Waals surface area (Å²) in [6.45, 7) is 1.67. The third-order valence-corrected chi connectivity index (χ3v) is 4.50. The number of benzene rings is 1. The van der Waals surface area contributed by atoms with E-state index in [0.29, 0.717) is 16.7 Å². The molecule has 19 heavy (non-hydrogen) atoms. The first-order valence-corrected chi connectivity index (χ1v) is 7.91. The summed E-state index contributed by atoms with van der Waals surface area (Å²) < 4.78 is 23.7. The van der Waals surface area contributed by atoms with E-state index in [9.17, 15) is 13.2 Å². The minimum absolute atomic E-state index is 0.0618. The van der Waals surface area contributed by atoms with Crippen molar-refractivity contribution in [3.05, 3.63) is 46.5 Å². The maximum Gasteiger partial charge on any atom is 0.251 e. The molecule has 0 heterocycles. The minimum Gasteiger partial charge on any atom is -0.355 e. The maximum absolute atomic E-state index is 11.9. The molecule has 1 aromatic rings. The Balaban J connectivity index is 2.81. The highest BCUT2D eigenvalue weighted by atomic mass is 35.5. The highest BCUT2D eigenvalue weighted by Crippen LogP contribution is 2.11. The second-order valence-corrected chi connectivity index (χ2v) is 6.55. The lowest BCUT2D eigenvalue weighted by Crippen LogP contribution is -2.17. The summed E-state index contributed by atoms with van der Waals surface area (Å²) in [5.41, 5.74) is 3.02. The maximum atomic E-state index is 11.9. The monoisotopic (exact) mass is 301 g/mol. The lowest BCUT2D eigenvalue weighted by Gasteiger charge is -2.05. The number of halogens is 1. The van der Waals surface area contributed by atoms with Crippen LogP contribution < -0.4 is 5.32 Å². The van der Waals surface area contributed by atoms with Crippen LogP contribution in [0.15, 0.2) is 35.4 Å². The molecule has 1 amide bonds. The van der Waals surface area contributed by atoms with E-state index in [1.807, 2.05) is 0 Å². The molecule has 0 aromatic heterocycles. The molecule has 0 radical (unpaired) electrons. The molecule has 0 saturated heterocycles. The number of rotatable bonds is 5. The van der Waals surface area contributed by atoms with Gasteiger partial charge in [-0.05, 0) is 30.2 Å². The molecule has 0 fully saturated rings. The quantitative estimate of drug-likeness (QED) is 0.906. The number of hydrogen-bond acceptors (Lipinski definition) is 3. The molecule has 104 valence electrons. The fraction of sp³-hybridized carbons (Fsp3) is 0.308. The third-order valence-electron chi connectivity index (χ3n) is 2.46. The number of nitrogens with one attached hydrogen (secondary N) is 1. The fourth-order valence-electron chi connectivity index (χ4n) is 1.58. The third kappa shape index (κ3) is 5.04. The molecule has 0 unspecified atom stereocenters. The summed E-state index contributed by atoms with van der Waals surface area (Å²) >= 11 is 5.46. The van der Waals surface area contributed by atoms with E-state index >= 15 is 0 Å². The van der Waals surface area contributed by atoms with Crippen molar-refractivity contribution in [3.8, 4) is 0 Å². The van der Waals surface area contributed by atoms with Crippen LogP contribution in [0.1, 0.15) is 22.8 Å². The van der Waals surface area contributed by atoms with Crippen molar-refractivity contribution in [2.75, 3.05) is 12.8 Å². The van der Waals surface area contributed by atoms with Gasteiger partial charge in [0.05, 0.1) is 11.5 Å². The van der Waals surface area contributed by atoms with Gasteiger partial charge in [0.2, 0.25) is 0 Å². The van der Waals surface area contributed by atoms with Gasteiger partial charge in [-0.3, -0.25) is 4.79 Å². The van der Waals surface area contributed by atoms with Crippen LogP contribution in [-0.4, -0.2) is 27.1 Å². The lowest BCUT2D eigenvalue weighted by atomic mass is 10.1. The average Bonchev–Trinajstić information content (AvgIpc) is 2.37. The summed E-state index contributed by atoms with van der Waals surface area (Å²) in [4.78, 5) is 11.3. The molecule has 0 aliphatic rings. The summed E-state index contributed by atoms with van der Waals surface area (Å²) in [5.74, 6) is -0.327. The Hall–Kier alpha value is -1.33. The number of carbonyl (C=O) groups is 1. The Bertz CT molecular complexity index is 576. The molecular formula is C13H16ClNO3S. The van der Waals surface area contributed by atoms with Crippen molar-refractivity contribution in [3.63, 3.8) is 0 Å². The van der Waals surface area contributed by atoms with E-state index in [1.54, 1.807) is 38.2 Å². The zero-order valence-electron chi connectivity index (χ0n) is 10.8. The predicted octanol–water partition coefficient (Wildman–Crippen LogP) is 2.10. The molecular weight excluding hydrogens is 286 g/mol. The van der Waals surface area contributed by atoms with Crippen molar-refractivity contribution in [1.29, 1.82) is 0 Å². The van der Waals surface area contributed by atoms with Gasteiger partial charge in [0, 0.05) is 18.1 Å². The van der Waals surface area contributed by atoms with Crippen LogP contribution in [0.2, 0.25) is 0 Å². The van der Waals surface area contributed by atoms with E-state index in [4.69, 9.17) is 11.6 Å². The molecule has 0 aliphatic heterocycles. The van der Waals surface area contributed by atoms with Gasteiger partial charge in [-0.15, -0.1) is 0 Å². The lowest BCUT2D eigenvalue weighted by molar-refractivity contribution is 0.0963. The van der Waals surface area contributed by atoms with Crippen LogP contribution in [0.5, 0.6) is 0 Å². The van der Waals surface area contributed by atoms with E-state index in [0.717, 1.165) is 0 Å². The molecule has 1 rings (SSSR count). The molecule has 0 aliphatic carbocycles. The largest absolute Gasteiger partial charge is 0.355 e. The van der Waals surface area contributed by atoms with Crippen molar-refractivity contribution in [2.24, 2.45) is 0 Å². The Labute approximate surface area is 118 Å². The fourth-order valence-corrected chi connectivity index (χ4v) is 3.33. The number of sulfone groups is 1. The molecule has 0 atom stereocenters. The summed E-state index contributed by atoms with van der Waals surface area (Å²) in [6, 6.07) is 6.49. The van der Waals surface area contributed by atoms with E-state index in [-0.39, 0.29) is 17.4 Å². The molecule has 1 aromatic carbocycles. The number of hydrogen-bond donors (Lipinski definition) is 1. The van der Waals surface area contributed by atoms with Crippen molar-refractivity contribution < 1.29 is 13.2 Å². The van der Waals surface area contributed by atoms with Gasteiger partial charge in [0.1, 0.15) is 0 Å². The van der Waals surface area contributed by atoms with E-state index < -0.39 is 9.84 Å². The summed E-state index contributed by atoms with van der Waals surface area (Å²) in [5, 5.41) is 2.50. The molecule has 6 heteroatoms. The zero-order chi connectivity index (χ0) is 14.5. The van der Waals surface area contributed by atoms with Crippen LogP contribution >= 0.6 is 11.6 Å². The first-order valence-electron chi connectivity index (χ1n) is 5.65. The van der Waals surface area contributed by atoms with Crippen LogP contribution in [0.25, 0.3) is 0 Å². The highest BCUT2D eigenvalue weighted by molar-refractivity contribution is 7.90. The molecule has 1 N–H and O–H groups in total. The van der Waals surface area contributed by atoms with Gasteiger partial charge in [-0.2, -0.15) is 0 Å². The molecule has 0 bridgehead atoms. The van der Waals surface area contributed by atoms with Crippen LogP contribution in [0.4, 0.5) is 0 Å². The average molecular weight is 302 g/mol. The van der Waals surface area contributed by atoms with Gasteiger partial charge in [0.15, 0.2) is 9.84 Å². The Morgan fingerprint density at radius 3 is 2.37 bits per heavy atom. The van der Waals surface area contributed by atoms with Gasteiger partial charge in [-0.25, -0.2) is 8.42 Å². The van der Waals surface area contributed by atoms with Crippen molar-refractivity contribution in [2.45, 2.75) is 12.7 Å². The van der Waals surface area contributed by atoms with Crippen molar-refractivity contribution in [1.82, 2.24) is 5.32 Å². The zero-order valence-corrected chi connectivity index (χ0v) is 12.4. The topological polar surface area (TPSA) is 63.2 Å². The Morgan fingerprint density at radius 1 is 1.32 bits per heavy atom. The van der Waals surface area contributed by atoms with Gasteiger partial charge >= 0.3 is 0 Å². The van der Waals surface area contributed by atoms with Crippen molar-refractivity contribution >= 4 is 27.3 Å². The van der Waals surface area contributed by atoms with Crippen LogP contribution in [0, 0.1) is 0 Å². The summed E-state index contributed by atoms with van der Waals surface area (Å²) in [6.07, 6.45) is 0. The smallest absolute Gasteiger partial charge is 0.251 e.